The predicted octanol–water partition coefficient (Wildman–Crippen LogP) is 1.97. The van der Waals surface area contributed by atoms with Gasteiger partial charge in [0.15, 0.2) is 0 Å². The number of hydrogen-bond donors (Lipinski definition) is 1. The second kappa shape index (κ2) is 5.82. The lowest BCUT2D eigenvalue weighted by Gasteiger charge is -2.28. The van der Waals surface area contributed by atoms with Crippen LogP contribution in [-0.4, -0.2) is 36.5 Å². The maximum atomic E-state index is 12.5. The Bertz CT molecular complexity index is 787. The van der Waals surface area contributed by atoms with Gasteiger partial charge in [-0.15, -0.1) is 0 Å². The molecule has 2 unspecified atom stereocenters. The molecule has 0 aromatic carbocycles. The van der Waals surface area contributed by atoms with Crippen LogP contribution in [0.3, 0.4) is 0 Å². The number of sulfonamides is 1. The Morgan fingerprint density at radius 1 is 1.36 bits per heavy atom. The van der Waals surface area contributed by atoms with E-state index >= 15 is 0 Å². The van der Waals surface area contributed by atoms with Crippen LogP contribution >= 0.6 is 0 Å². The molecular weight excluding hydrogens is 363 g/mol. The summed E-state index contributed by atoms with van der Waals surface area (Å²) in [6, 6.07) is 1.07. The van der Waals surface area contributed by atoms with Crippen molar-refractivity contribution in [2.24, 2.45) is 11.8 Å². The van der Waals surface area contributed by atoms with Crippen LogP contribution in [0, 0.1) is 11.8 Å². The fourth-order valence-corrected chi connectivity index (χ4v) is 3.91. The first kappa shape index (κ1) is 17.9. The average molecular weight is 379 g/mol. The van der Waals surface area contributed by atoms with Gasteiger partial charge in [0.25, 0.3) is 0 Å². The van der Waals surface area contributed by atoms with E-state index in [-0.39, 0.29) is 12.3 Å². The van der Waals surface area contributed by atoms with E-state index in [1.54, 1.807) is 6.92 Å². The number of nitrogens with one attached hydrogen (secondary N) is 1. The van der Waals surface area contributed by atoms with Gasteiger partial charge in [-0.2, -0.15) is 21.6 Å². The Labute approximate surface area is 142 Å². The zero-order valence-electron chi connectivity index (χ0n) is 13.2. The van der Waals surface area contributed by atoms with Crippen LogP contribution in [0.25, 0.3) is 0 Å². The standard InChI is InChI=1S/C14H16F3N3O4S/c1-2-24-12(21)13(5-8-3-9(8)6-13)10-4-11(19-7-18-10)20-25(22,23)14(15,16)17/h4,7-9H,2-3,5-6H2,1H3,(H,18,19,20). The number of nitrogens with zero attached hydrogens (tertiary/aromatic N) is 2. The average Bonchev–Trinajstić information content (AvgIpc) is 3.12. The van der Waals surface area contributed by atoms with Gasteiger partial charge in [0.1, 0.15) is 17.6 Å². The molecule has 0 saturated heterocycles. The number of esters is 1. The van der Waals surface area contributed by atoms with E-state index in [0.29, 0.717) is 24.7 Å². The molecule has 2 saturated carbocycles. The Balaban J connectivity index is 1.93. The molecule has 138 valence electrons. The Hall–Kier alpha value is -1.91. The summed E-state index contributed by atoms with van der Waals surface area (Å²) in [5.41, 5.74) is -6.36. The zero-order chi connectivity index (χ0) is 18.5. The fraction of sp³-hybridized carbons (Fsp3) is 0.643. The second-order valence-corrected chi connectivity index (χ2v) is 7.98. The van der Waals surface area contributed by atoms with E-state index in [1.807, 2.05) is 0 Å². The first-order valence-corrected chi connectivity index (χ1v) is 9.16. The number of rotatable bonds is 5. The Morgan fingerprint density at radius 2 is 2.00 bits per heavy atom. The van der Waals surface area contributed by atoms with Crippen molar-refractivity contribution in [1.82, 2.24) is 9.97 Å². The zero-order valence-corrected chi connectivity index (χ0v) is 14.0. The summed E-state index contributed by atoms with van der Waals surface area (Å²) >= 11 is 0. The van der Waals surface area contributed by atoms with E-state index in [9.17, 15) is 26.4 Å². The summed E-state index contributed by atoms with van der Waals surface area (Å²) < 4.78 is 66.5. The Morgan fingerprint density at radius 3 is 2.56 bits per heavy atom. The molecule has 2 aliphatic carbocycles. The molecule has 1 aromatic heterocycles. The first-order valence-electron chi connectivity index (χ1n) is 7.68. The molecule has 0 spiro atoms. The third-order valence-corrected chi connectivity index (χ3v) is 5.74. The third kappa shape index (κ3) is 3.16. The van der Waals surface area contributed by atoms with Crippen molar-refractivity contribution >= 4 is 21.8 Å². The van der Waals surface area contributed by atoms with Crippen LogP contribution in [0.2, 0.25) is 0 Å². The number of carbonyl (C=O) groups is 1. The monoisotopic (exact) mass is 379 g/mol. The molecule has 3 rings (SSSR count). The van der Waals surface area contributed by atoms with Crippen molar-refractivity contribution < 1.29 is 31.1 Å². The molecule has 7 nitrogen and oxygen atoms in total. The molecule has 0 aliphatic heterocycles. The SMILES string of the molecule is CCOC(=O)C1(c2cc(NS(=O)(=O)C(F)(F)F)ncn2)CC2CC2C1. The van der Waals surface area contributed by atoms with Crippen molar-refractivity contribution in [3.05, 3.63) is 18.1 Å². The van der Waals surface area contributed by atoms with Gasteiger partial charge in [0, 0.05) is 6.07 Å². The van der Waals surface area contributed by atoms with Crippen LogP contribution < -0.4 is 4.72 Å². The van der Waals surface area contributed by atoms with Gasteiger partial charge >= 0.3 is 21.5 Å². The van der Waals surface area contributed by atoms with Gasteiger partial charge in [-0.05, 0) is 38.0 Å². The molecule has 2 atom stereocenters. The lowest BCUT2D eigenvalue weighted by Crippen LogP contribution is -2.37. The van der Waals surface area contributed by atoms with E-state index in [0.717, 1.165) is 18.8 Å². The van der Waals surface area contributed by atoms with Gasteiger partial charge in [0.05, 0.1) is 12.3 Å². The predicted molar refractivity (Wildman–Crippen MR) is 79.8 cm³/mol. The van der Waals surface area contributed by atoms with Crippen molar-refractivity contribution in [3.8, 4) is 0 Å². The summed E-state index contributed by atoms with van der Waals surface area (Å²) in [6.45, 7) is 1.82. The van der Waals surface area contributed by atoms with Crippen LogP contribution in [0.15, 0.2) is 12.4 Å². The highest BCUT2D eigenvalue weighted by Gasteiger charge is 2.59. The number of ether oxygens (including phenoxy) is 1. The number of halogens is 3. The molecule has 2 fully saturated rings. The minimum atomic E-state index is -5.60. The third-order valence-electron chi connectivity index (χ3n) is 4.66. The number of anilines is 1. The summed E-state index contributed by atoms with van der Waals surface area (Å²) in [6.07, 6.45) is 2.91. The summed E-state index contributed by atoms with van der Waals surface area (Å²) in [5.74, 6) is -0.318. The normalized spacial score (nSPS) is 28.3. The minimum Gasteiger partial charge on any atom is -0.465 e. The van der Waals surface area contributed by atoms with Gasteiger partial charge in [-0.3, -0.25) is 9.52 Å². The van der Waals surface area contributed by atoms with Crippen LogP contribution in [0.5, 0.6) is 0 Å². The number of hydrogen-bond acceptors (Lipinski definition) is 6. The van der Waals surface area contributed by atoms with E-state index in [4.69, 9.17) is 4.74 Å². The summed E-state index contributed by atoms with van der Waals surface area (Å²) in [5, 5.41) is 0. The quantitative estimate of drug-likeness (QED) is 0.786. The largest absolute Gasteiger partial charge is 0.516 e. The maximum absolute atomic E-state index is 12.5. The van der Waals surface area contributed by atoms with Gasteiger partial charge < -0.3 is 4.74 Å². The molecule has 1 aromatic rings. The van der Waals surface area contributed by atoms with Crippen LogP contribution in [0.1, 0.15) is 31.9 Å². The van der Waals surface area contributed by atoms with E-state index < -0.39 is 32.7 Å². The number of aromatic nitrogens is 2. The molecule has 11 heteroatoms. The smallest absolute Gasteiger partial charge is 0.465 e. The highest BCUT2D eigenvalue weighted by Crippen LogP contribution is 2.60. The number of fused-ring (bicyclic) bond motifs is 1. The maximum Gasteiger partial charge on any atom is 0.516 e. The van der Waals surface area contributed by atoms with Crippen LogP contribution in [-0.2, 0) is 25.0 Å². The minimum absolute atomic E-state index is 0.161. The lowest BCUT2D eigenvalue weighted by molar-refractivity contribution is -0.150. The topological polar surface area (TPSA) is 98.2 Å². The van der Waals surface area contributed by atoms with E-state index in [2.05, 4.69) is 9.97 Å². The molecule has 1 N–H and O–H groups in total. The molecule has 0 amide bonds. The van der Waals surface area contributed by atoms with Gasteiger partial charge in [-0.25, -0.2) is 9.97 Å². The first-order chi connectivity index (χ1) is 11.6. The molecular formula is C14H16F3N3O4S. The second-order valence-electron chi connectivity index (χ2n) is 6.31. The summed E-state index contributed by atoms with van der Waals surface area (Å²) in [4.78, 5) is 20.0. The van der Waals surface area contributed by atoms with Gasteiger partial charge in [-0.1, -0.05) is 0 Å². The summed E-state index contributed by atoms with van der Waals surface area (Å²) in [7, 11) is -5.60. The highest BCUT2D eigenvalue weighted by molar-refractivity contribution is 7.93. The van der Waals surface area contributed by atoms with Gasteiger partial charge in [0.2, 0.25) is 0 Å². The lowest BCUT2D eigenvalue weighted by atomic mass is 9.79. The number of carbonyl (C=O) groups excluding carboxylic acids is 1. The molecule has 0 radical (unpaired) electrons. The molecule has 1 heterocycles. The van der Waals surface area contributed by atoms with Crippen molar-refractivity contribution in [2.75, 3.05) is 11.3 Å². The highest BCUT2D eigenvalue weighted by atomic mass is 32.2. The molecule has 25 heavy (non-hydrogen) atoms. The van der Waals surface area contributed by atoms with Crippen molar-refractivity contribution in [1.29, 1.82) is 0 Å². The molecule has 0 bridgehead atoms. The Kier molecular flexibility index (Phi) is 4.17. The van der Waals surface area contributed by atoms with Crippen LogP contribution in [0.4, 0.5) is 19.0 Å². The van der Waals surface area contributed by atoms with Crippen molar-refractivity contribution in [3.63, 3.8) is 0 Å². The molecule has 2 aliphatic rings. The van der Waals surface area contributed by atoms with Crippen molar-refractivity contribution in [2.45, 2.75) is 37.1 Å². The number of alkyl halides is 3. The fourth-order valence-electron chi connectivity index (χ4n) is 3.41. The van der Waals surface area contributed by atoms with E-state index in [1.165, 1.54) is 4.72 Å².